The van der Waals surface area contributed by atoms with Gasteiger partial charge >= 0.3 is 5.97 Å². The van der Waals surface area contributed by atoms with E-state index < -0.39 is 5.97 Å². The maximum Gasteiger partial charge on any atom is 0.303 e. The fraction of sp³-hybridized carbons (Fsp3) is 0.667. The molecule has 17 heavy (non-hydrogen) atoms. The van der Waals surface area contributed by atoms with Gasteiger partial charge in [0.2, 0.25) is 0 Å². The number of nitrogens with two attached hydrogens (primary N) is 1. The third-order valence-electron chi connectivity index (χ3n) is 3.32. The summed E-state index contributed by atoms with van der Waals surface area (Å²) in [6, 6.07) is 0. The van der Waals surface area contributed by atoms with Crippen LogP contribution in [0.3, 0.4) is 0 Å². The van der Waals surface area contributed by atoms with E-state index in [9.17, 15) is 4.79 Å². The van der Waals surface area contributed by atoms with Gasteiger partial charge in [0.1, 0.15) is 5.01 Å². The summed E-state index contributed by atoms with van der Waals surface area (Å²) in [5.41, 5.74) is 6.99. The van der Waals surface area contributed by atoms with Crippen LogP contribution in [0, 0.1) is 0 Å². The molecule has 1 fully saturated rings. The number of thiazole rings is 1. The highest BCUT2D eigenvalue weighted by Crippen LogP contribution is 2.36. The molecule has 0 amide bonds. The van der Waals surface area contributed by atoms with Gasteiger partial charge in [-0.25, -0.2) is 4.98 Å². The van der Waals surface area contributed by atoms with Crippen LogP contribution in [0.5, 0.6) is 0 Å². The predicted octanol–water partition coefficient (Wildman–Crippen LogP) is 2.28. The molecule has 0 aliphatic heterocycles. The minimum atomic E-state index is -0.778. The molecular formula is C12H18N2O2S. The second-order valence-electron chi connectivity index (χ2n) is 4.75. The van der Waals surface area contributed by atoms with E-state index in [1.165, 1.54) is 19.3 Å². The molecular weight excluding hydrogens is 236 g/mol. The fourth-order valence-corrected chi connectivity index (χ4v) is 3.31. The molecule has 1 aliphatic rings. The van der Waals surface area contributed by atoms with Crippen molar-refractivity contribution in [2.75, 3.05) is 0 Å². The maximum atomic E-state index is 10.5. The first-order chi connectivity index (χ1) is 8.10. The van der Waals surface area contributed by atoms with Crippen molar-refractivity contribution in [3.63, 3.8) is 0 Å². The summed E-state index contributed by atoms with van der Waals surface area (Å²) in [6.45, 7) is 0. The number of carboxylic acids is 1. The van der Waals surface area contributed by atoms with Crippen LogP contribution in [0.15, 0.2) is 5.38 Å². The molecule has 1 heterocycles. The lowest BCUT2D eigenvalue weighted by molar-refractivity contribution is -0.136. The lowest BCUT2D eigenvalue weighted by Crippen LogP contribution is -2.38. The van der Waals surface area contributed by atoms with Crippen LogP contribution in [0.2, 0.25) is 0 Å². The summed E-state index contributed by atoms with van der Waals surface area (Å²) in [6.07, 6.45) is 6.23. The molecule has 94 valence electrons. The average molecular weight is 254 g/mol. The summed E-state index contributed by atoms with van der Waals surface area (Å²) in [7, 11) is 0. The lowest BCUT2D eigenvalue weighted by Gasteiger charge is -2.31. The Bertz CT molecular complexity index is 397. The van der Waals surface area contributed by atoms with Gasteiger partial charge in [-0.1, -0.05) is 19.3 Å². The predicted molar refractivity (Wildman–Crippen MR) is 67.0 cm³/mol. The molecule has 4 nitrogen and oxygen atoms in total. The zero-order valence-corrected chi connectivity index (χ0v) is 10.6. The number of hydrogen-bond acceptors (Lipinski definition) is 4. The van der Waals surface area contributed by atoms with Crippen molar-refractivity contribution in [3.8, 4) is 0 Å². The van der Waals surface area contributed by atoms with Crippen LogP contribution in [0.1, 0.15) is 49.2 Å². The molecule has 1 aromatic heterocycles. The number of carboxylic acid groups (broad SMARTS) is 1. The third-order valence-corrected chi connectivity index (χ3v) is 4.43. The van der Waals surface area contributed by atoms with E-state index in [-0.39, 0.29) is 12.0 Å². The second kappa shape index (κ2) is 5.14. The summed E-state index contributed by atoms with van der Waals surface area (Å²) < 4.78 is 0. The highest BCUT2D eigenvalue weighted by molar-refractivity contribution is 7.09. The van der Waals surface area contributed by atoms with Crippen molar-refractivity contribution >= 4 is 17.3 Å². The number of aromatic nitrogens is 1. The standard InChI is InChI=1S/C12H18N2O2S/c13-12(6-2-1-3-7-12)11-14-9(8-17-11)4-5-10(15)16/h8H,1-7,13H2,(H,15,16). The fourth-order valence-electron chi connectivity index (χ4n) is 2.28. The number of aliphatic carboxylic acids is 1. The quantitative estimate of drug-likeness (QED) is 0.864. The van der Waals surface area contributed by atoms with Crippen molar-refractivity contribution in [2.45, 2.75) is 50.5 Å². The normalized spacial score (nSPS) is 19.1. The van der Waals surface area contributed by atoms with Crippen molar-refractivity contribution in [2.24, 2.45) is 5.73 Å². The van der Waals surface area contributed by atoms with Crippen molar-refractivity contribution in [1.29, 1.82) is 0 Å². The average Bonchev–Trinajstić information content (AvgIpc) is 2.76. The Kier molecular flexibility index (Phi) is 3.79. The number of aryl methyl sites for hydroxylation is 1. The first kappa shape index (κ1) is 12.5. The molecule has 0 bridgehead atoms. The van der Waals surface area contributed by atoms with E-state index in [4.69, 9.17) is 10.8 Å². The molecule has 0 atom stereocenters. The van der Waals surface area contributed by atoms with Crippen LogP contribution in [-0.2, 0) is 16.8 Å². The number of rotatable bonds is 4. The Hall–Kier alpha value is -0.940. The summed E-state index contributed by atoms with van der Waals surface area (Å²) >= 11 is 1.58. The Morgan fingerprint density at radius 3 is 2.82 bits per heavy atom. The van der Waals surface area contributed by atoms with Crippen molar-refractivity contribution < 1.29 is 9.90 Å². The summed E-state index contributed by atoms with van der Waals surface area (Å²) in [4.78, 5) is 15.0. The summed E-state index contributed by atoms with van der Waals surface area (Å²) in [5.74, 6) is -0.778. The molecule has 1 saturated carbocycles. The van der Waals surface area contributed by atoms with Gasteiger partial charge in [-0.05, 0) is 12.8 Å². The Morgan fingerprint density at radius 1 is 1.47 bits per heavy atom. The van der Waals surface area contributed by atoms with Gasteiger partial charge in [0, 0.05) is 11.8 Å². The molecule has 0 aromatic carbocycles. The smallest absolute Gasteiger partial charge is 0.303 e. The van der Waals surface area contributed by atoms with Gasteiger partial charge in [0.15, 0.2) is 0 Å². The van der Waals surface area contributed by atoms with Crippen LogP contribution in [-0.4, -0.2) is 16.1 Å². The second-order valence-corrected chi connectivity index (χ2v) is 5.61. The van der Waals surface area contributed by atoms with E-state index in [1.807, 2.05) is 5.38 Å². The number of hydrogen-bond donors (Lipinski definition) is 2. The van der Waals surface area contributed by atoms with E-state index in [1.54, 1.807) is 11.3 Å². The number of carbonyl (C=O) groups is 1. The van der Waals surface area contributed by atoms with Crippen molar-refractivity contribution in [1.82, 2.24) is 4.98 Å². The molecule has 2 rings (SSSR count). The molecule has 0 unspecified atom stereocenters. The number of nitrogens with zero attached hydrogens (tertiary/aromatic N) is 1. The SMILES string of the molecule is NC1(c2nc(CCC(=O)O)cs2)CCCCC1. The highest BCUT2D eigenvalue weighted by Gasteiger charge is 2.32. The monoisotopic (exact) mass is 254 g/mol. The highest BCUT2D eigenvalue weighted by atomic mass is 32.1. The molecule has 1 aliphatic carbocycles. The Morgan fingerprint density at radius 2 is 2.18 bits per heavy atom. The van der Waals surface area contributed by atoms with Gasteiger partial charge in [-0.2, -0.15) is 0 Å². The molecule has 3 N–H and O–H groups in total. The lowest BCUT2D eigenvalue weighted by atomic mass is 9.83. The third kappa shape index (κ3) is 3.04. The van der Waals surface area contributed by atoms with E-state index >= 15 is 0 Å². The molecule has 0 spiro atoms. The van der Waals surface area contributed by atoms with Crippen LogP contribution in [0.25, 0.3) is 0 Å². The minimum Gasteiger partial charge on any atom is -0.481 e. The first-order valence-corrected chi connectivity index (χ1v) is 6.94. The van der Waals surface area contributed by atoms with Crippen LogP contribution >= 0.6 is 11.3 Å². The van der Waals surface area contributed by atoms with Gasteiger partial charge < -0.3 is 10.8 Å². The zero-order valence-electron chi connectivity index (χ0n) is 9.82. The van der Waals surface area contributed by atoms with Crippen LogP contribution < -0.4 is 5.73 Å². The van der Waals surface area contributed by atoms with Gasteiger partial charge in [-0.15, -0.1) is 11.3 Å². The first-order valence-electron chi connectivity index (χ1n) is 6.06. The van der Waals surface area contributed by atoms with E-state index in [0.29, 0.717) is 6.42 Å². The van der Waals surface area contributed by atoms with Gasteiger partial charge in [0.05, 0.1) is 17.7 Å². The van der Waals surface area contributed by atoms with Gasteiger partial charge in [0.25, 0.3) is 0 Å². The van der Waals surface area contributed by atoms with E-state index in [0.717, 1.165) is 23.5 Å². The topological polar surface area (TPSA) is 76.2 Å². The van der Waals surface area contributed by atoms with Gasteiger partial charge in [-0.3, -0.25) is 4.79 Å². The molecule has 0 saturated heterocycles. The largest absolute Gasteiger partial charge is 0.481 e. The van der Waals surface area contributed by atoms with Crippen LogP contribution in [0.4, 0.5) is 0 Å². The summed E-state index contributed by atoms with van der Waals surface area (Å²) in [5, 5.41) is 11.6. The molecule has 0 radical (unpaired) electrons. The van der Waals surface area contributed by atoms with E-state index in [2.05, 4.69) is 4.98 Å². The Labute approximate surface area is 105 Å². The molecule has 1 aromatic rings. The minimum absolute atomic E-state index is 0.140. The Balaban J connectivity index is 2.03. The molecule has 5 heteroatoms. The zero-order chi connectivity index (χ0) is 12.3. The maximum absolute atomic E-state index is 10.5. The van der Waals surface area contributed by atoms with Crippen molar-refractivity contribution in [3.05, 3.63) is 16.1 Å².